The molecule has 1 aromatic carbocycles. The lowest BCUT2D eigenvalue weighted by Gasteiger charge is -2.31. The van der Waals surface area contributed by atoms with Crippen LogP contribution < -0.4 is 5.32 Å². The lowest BCUT2D eigenvalue weighted by molar-refractivity contribution is -0.144. The van der Waals surface area contributed by atoms with Gasteiger partial charge in [-0.05, 0) is 56.2 Å². The van der Waals surface area contributed by atoms with Gasteiger partial charge in [-0.1, -0.05) is 51.0 Å². The van der Waals surface area contributed by atoms with Crippen molar-refractivity contribution in [1.29, 1.82) is 0 Å². The summed E-state index contributed by atoms with van der Waals surface area (Å²) in [5, 5.41) is 2.66. The van der Waals surface area contributed by atoms with Gasteiger partial charge in [0, 0.05) is 19.0 Å². The van der Waals surface area contributed by atoms with Gasteiger partial charge in [-0.15, -0.1) is 0 Å². The van der Waals surface area contributed by atoms with Crippen molar-refractivity contribution in [3.05, 3.63) is 42.5 Å². The molecule has 168 valence electrons. The predicted octanol–water partition coefficient (Wildman–Crippen LogP) is 4.53. The first-order valence-corrected chi connectivity index (χ1v) is 12.7. The molecule has 1 aliphatic rings. The van der Waals surface area contributed by atoms with Crippen LogP contribution in [0.1, 0.15) is 59.3 Å². The van der Waals surface area contributed by atoms with Crippen molar-refractivity contribution in [2.45, 2.75) is 75.5 Å². The van der Waals surface area contributed by atoms with Crippen LogP contribution in [0.15, 0.2) is 47.4 Å². The van der Waals surface area contributed by atoms with E-state index >= 15 is 0 Å². The molecule has 1 N–H and O–H groups in total. The Morgan fingerprint density at radius 1 is 1.17 bits per heavy atom. The van der Waals surface area contributed by atoms with E-state index in [4.69, 9.17) is 4.74 Å². The molecular formula is C24H37NO4S. The molecule has 1 aromatic rings. The number of carbonyl (C=O) groups excluding carboxylic acids is 1. The Kier molecular flexibility index (Phi) is 9.56. The number of ether oxygens (including phenoxy) is 1. The van der Waals surface area contributed by atoms with E-state index in [2.05, 4.69) is 18.8 Å². The van der Waals surface area contributed by atoms with Gasteiger partial charge in [-0.25, -0.2) is 8.42 Å². The molecule has 0 heterocycles. The highest BCUT2D eigenvalue weighted by Crippen LogP contribution is 2.30. The molecule has 2 rings (SSSR count). The molecule has 30 heavy (non-hydrogen) atoms. The quantitative estimate of drug-likeness (QED) is 0.408. The SMILES string of the molecule is C=C(CN[C@@H](C)C1CCCCC1)[C@@H]([C@@H](C)CC(=O)OCC)S(=O)(=O)c1ccccc1. The topological polar surface area (TPSA) is 72.5 Å². The Hall–Kier alpha value is -1.66. The Balaban J connectivity index is 2.17. The van der Waals surface area contributed by atoms with Crippen molar-refractivity contribution in [2.75, 3.05) is 13.2 Å². The van der Waals surface area contributed by atoms with Crippen LogP contribution in [0.3, 0.4) is 0 Å². The smallest absolute Gasteiger partial charge is 0.306 e. The summed E-state index contributed by atoms with van der Waals surface area (Å²) in [6.07, 6.45) is 6.30. The molecule has 1 fully saturated rings. The molecule has 1 saturated carbocycles. The molecule has 0 saturated heterocycles. The molecular weight excluding hydrogens is 398 g/mol. The molecule has 3 atom stereocenters. The monoisotopic (exact) mass is 435 g/mol. The standard InChI is InChI=1S/C24H37NO4S/c1-5-29-23(26)16-18(2)24(30(27,28)22-14-10-7-11-15-22)19(3)17-25-20(4)21-12-8-6-9-13-21/h7,10-11,14-15,18,20-21,24-25H,3,5-6,8-9,12-13,16-17H2,1-2,4H3/t18-,20-,24+/m0/s1. The zero-order valence-corrected chi connectivity index (χ0v) is 19.4. The number of carbonyl (C=O) groups is 1. The fraction of sp³-hybridized carbons (Fsp3) is 0.625. The van der Waals surface area contributed by atoms with Crippen LogP contribution in [0.4, 0.5) is 0 Å². The molecule has 0 bridgehead atoms. The van der Waals surface area contributed by atoms with Gasteiger partial charge in [-0.2, -0.15) is 0 Å². The van der Waals surface area contributed by atoms with E-state index in [0.29, 0.717) is 24.1 Å². The lowest BCUT2D eigenvalue weighted by atomic mass is 9.84. The second kappa shape index (κ2) is 11.7. The third kappa shape index (κ3) is 6.67. The van der Waals surface area contributed by atoms with Crippen LogP contribution >= 0.6 is 0 Å². The van der Waals surface area contributed by atoms with Crippen LogP contribution in [-0.4, -0.2) is 38.8 Å². The highest BCUT2D eigenvalue weighted by atomic mass is 32.2. The second-order valence-electron chi connectivity index (χ2n) is 8.49. The predicted molar refractivity (Wildman–Crippen MR) is 121 cm³/mol. The van der Waals surface area contributed by atoms with Crippen LogP contribution in [0.2, 0.25) is 0 Å². The molecule has 1 aliphatic carbocycles. The first-order valence-electron chi connectivity index (χ1n) is 11.1. The zero-order valence-electron chi connectivity index (χ0n) is 18.6. The molecule has 0 unspecified atom stereocenters. The van der Waals surface area contributed by atoms with Gasteiger partial charge in [0.05, 0.1) is 16.8 Å². The van der Waals surface area contributed by atoms with Crippen LogP contribution in [0, 0.1) is 11.8 Å². The van der Waals surface area contributed by atoms with E-state index in [9.17, 15) is 13.2 Å². The Morgan fingerprint density at radius 2 is 1.80 bits per heavy atom. The molecule has 0 aromatic heterocycles. The first-order chi connectivity index (χ1) is 14.3. The number of sulfone groups is 1. The summed E-state index contributed by atoms with van der Waals surface area (Å²) in [7, 11) is -3.68. The van der Waals surface area contributed by atoms with Crippen LogP contribution in [-0.2, 0) is 19.4 Å². The maximum absolute atomic E-state index is 13.5. The normalized spacial score (nSPS) is 18.4. The average Bonchev–Trinajstić information content (AvgIpc) is 2.73. The molecule has 0 amide bonds. The zero-order chi connectivity index (χ0) is 22.1. The van der Waals surface area contributed by atoms with Crippen molar-refractivity contribution in [3.8, 4) is 0 Å². The van der Waals surface area contributed by atoms with E-state index in [0.717, 1.165) is 0 Å². The summed E-state index contributed by atoms with van der Waals surface area (Å²) in [5.74, 6) is -0.198. The van der Waals surface area contributed by atoms with E-state index in [-0.39, 0.29) is 23.9 Å². The van der Waals surface area contributed by atoms with E-state index < -0.39 is 21.0 Å². The van der Waals surface area contributed by atoms with Crippen molar-refractivity contribution in [2.24, 2.45) is 11.8 Å². The summed E-state index contributed by atoms with van der Waals surface area (Å²) < 4.78 is 32.0. The average molecular weight is 436 g/mol. The summed E-state index contributed by atoms with van der Waals surface area (Å²) in [5.41, 5.74) is 0.596. The maximum atomic E-state index is 13.5. The largest absolute Gasteiger partial charge is 0.466 e. The second-order valence-corrected chi connectivity index (χ2v) is 10.6. The highest BCUT2D eigenvalue weighted by Gasteiger charge is 2.36. The molecule has 0 aliphatic heterocycles. The van der Waals surface area contributed by atoms with Crippen molar-refractivity contribution >= 4 is 15.8 Å². The van der Waals surface area contributed by atoms with Gasteiger partial charge in [-0.3, -0.25) is 4.79 Å². The molecule has 0 radical (unpaired) electrons. The minimum atomic E-state index is -3.68. The Labute approximate surface area is 182 Å². The minimum Gasteiger partial charge on any atom is -0.466 e. The lowest BCUT2D eigenvalue weighted by Crippen LogP contribution is -2.40. The third-order valence-electron chi connectivity index (χ3n) is 6.13. The molecule has 5 nitrogen and oxygen atoms in total. The van der Waals surface area contributed by atoms with Gasteiger partial charge in [0.1, 0.15) is 0 Å². The molecule has 0 spiro atoms. The van der Waals surface area contributed by atoms with Crippen LogP contribution in [0.5, 0.6) is 0 Å². The van der Waals surface area contributed by atoms with E-state index in [1.165, 1.54) is 32.1 Å². The minimum absolute atomic E-state index is 0.0434. The Bertz CT molecular complexity index is 785. The van der Waals surface area contributed by atoms with E-state index in [1.807, 2.05) is 0 Å². The number of benzene rings is 1. The summed E-state index contributed by atoms with van der Waals surface area (Å²) in [6.45, 7) is 10.6. The van der Waals surface area contributed by atoms with Gasteiger partial charge >= 0.3 is 5.97 Å². The van der Waals surface area contributed by atoms with E-state index in [1.54, 1.807) is 44.2 Å². The van der Waals surface area contributed by atoms with Gasteiger partial charge in [0.15, 0.2) is 9.84 Å². The fourth-order valence-corrected chi connectivity index (χ4v) is 6.53. The number of esters is 1. The summed E-state index contributed by atoms with van der Waals surface area (Å²) >= 11 is 0. The van der Waals surface area contributed by atoms with Crippen molar-refractivity contribution in [1.82, 2.24) is 5.32 Å². The third-order valence-corrected chi connectivity index (χ3v) is 8.52. The van der Waals surface area contributed by atoms with Gasteiger partial charge in [0.2, 0.25) is 0 Å². The van der Waals surface area contributed by atoms with Crippen molar-refractivity contribution in [3.63, 3.8) is 0 Å². The Morgan fingerprint density at radius 3 is 2.40 bits per heavy atom. The first kappa shape index (κ1) is 24.6. The number of hydrogen-bond acceptors (Lipinski definition) is 5. The van der Waals surface area contributed by atoms with Crippen LogP contribution in [0.25, 0.3) is 0 Å². The fourth-order valence-electron chi connectivity index (χ4n) is 4.47. The number of nitrogens with one attached hydrogen (secondary N) is 1. The number of hydrogen-bond donors (Lipinski definition) is 1. The van der Waals surface area contributed by atoms with Gasteiger partial charge < -0.3 is 10.1 Å². The van der Waals surface area contributed by atoms with Gasteiger partial charge in [0.25, 0.3) is 0 Å². The van der Waals surface area contributed by atoms with Crippen molar-refractivity contribution < 1.29 is 17.9 Å². The molecule has 6 heteroatoms. The number of rotatable bonds is 11. The highest BCUT2D eigenvalue weighted by molar-refractivity contribution is 7.92. The maximum Gasteiger partial charge on any atom is 0.306 e. The summed E-state index contributed by atoms with van der Waals surface area (Å²) in [6, 6.07) is 8.73. The summed E-state index contributed by atoms with van der Waals surface area (Å²) in [4.78, 5) is 12.3.